The minimum absolute atomic E-state index is 0.0101. The zero-order chi connectivity index (χ0) is 12.0. The molecule has 0 saturated carbocycles. The Morgan fingerprint density at radius 3 is 3.06 bits per heavy atom. The Morgan fingerprint density at radius 1 is 1.69 bits per heavy atom. The Labute approximate surface area is 99.6 Å². The Bertz CT molecular complexity index is 358. The SMILES string of the molecule is CC(CCCO)NC(=O)c1cnccc1Cl. The average molecular weight is 243 g/mol. The van der Waals surface area contributed by atoms with Crippen LogP contribution in [0.15, 0.2) is 18.5 Å². The van der Waals surface area contributed by atoms with Crippen molar-refractivity contribution in [2.75, 3.05) is 6.61 Å². The maximum atomic E-state index is 11.7. The molecule has 0 aromatic carbocycles. The van der Waals surface area contributed by atoms with Gasteiger partial charge in [0.05, 0.1) is 10.6 Å². The van der Waals surface area contributed by atoms with Crippen LogP contribution < -0.4 is 5.32 Å². The van der Waals surface area contributed by atoms with Crippen molar-refractivity contribution in [3.05, 3.63) is 29.0 Å². The van der Waals surface area contributed by atoms with Gasteiger partial charge >= 0.3 is 0 Å². The number of aliphatic hydroxyl groups excluding tert-OH is 1. The van der Waals surface area contributed by atoms with Crippen molar-refractivity contribution in [1.29, 1.82) is 0 Å². The summed E-state index contributed by atoms with van der Waals surface area (Å²) in [5.41, 5.74) is 0.375. The fraction of sp³-hybridized carbons (Fsp3) is 0.455. The molecule has 1 unspecified atom stereocenters. The quantitative estimate of drug-likeness (QED) is 0.825. The van der Waals surface area contributed by atoms with E-state index in [1.54, 1.807) is 6.07 Å². The van der Waals surface area contributed by atoms with Gasteiger partial charge in [0.1, 0.15) is 0 Å². The lowest BCUT2D eigenvalue weighted by Crippen LogP contribution is -2.32. The molecule has 2 N–H and O–H groups in total. The van der Waals surface area contributed by atoms with Crippen LogP contribution in [0.2, 0.25) is 5.02 Å². The third-order valence-electron chi connectivity index (χ3n) is 2.19. The van der Waals surface area contributed by atoms with Gasteiger partial charge < -0.3 is 10.4 Å². The first-order chi connectivity index (χ1) is 7.65. The Kier molecular flexibility index (Phi) is 5.22. The Balaban J connectivity index is 2.56. The molecule has 1 aromatic rings. The van der Waals surface area contributed by atoms with E-state index >= 15 is 0 Å². The molecule has 0 aliphatic carbocycles. The van der Waals surface area contributed by atoms with Crippen LogP contribution in [0.3, 0.4) is 0 Å². The highest BCUT2D eigenvalue weighted by molar-refractivity contribution is 6.33. The largest absolute Gasteiger partial charge is 0.396 e. The van der Waals surface area contributed by atoms with E-state index in [2.05, 4.69) is 10.3 Å². The summed E-state index contributed by atoms with van der Waals surface area (Å²) in [5.74, 6) is -0.233. The zero-order valence-corrected chi connectivity index (χ0v) is 9.87. The van der Waals surface area contributed by atoms with E-state index in [0.717, 1.165) is 6.42 Å². The summed E-state index contributed by atoms with van der Waals surface area (Å²) in [6.45, 7) is 2.02. The van der Waals surface area contributed by atoms with E-state index in [1.807, 2.05) is 6.92 Å². The summed E-state index contributed by atoms with van der Waals surface area (Å²) < 4.78 is 0. The van der Waals surface area contributed by atoms with E-state index in [-0.39, 0.29) is 18.6 Å². The van der Waals surface area contributed by atoms with E-state index < -0.39 is 0 Å². The fourth-order valence-corrected chi connectivity index (χ4v) is 1.51. The number of aliphatic hydroxyl groups is 1. The molecular weight excluding hydrogens is 228 g/mol. The first-order valence-electron chi connectivity index (χ1n) is 5.16. The van der Waals surface area contributed by atoms with Crippen LogP contribution in [0.5, 0.6) is 0 Å². The standard InChI is InChI=1S/C11H15ClN2O2/c1-8(3-2-6-15)14-11(16)9-7-13-5-4-10(9)12/h4-5,7-8,15H,2-3,6H2,1H3,(H,14,16). The number of carbonyl (C=O) groups is 1. The van der Waals surface area contributed by atoms with Crippen LogP contribution in [-0.2, 0) is 0 Å². The number of amides is 1. The molecule has 1 heterocycles. The zero-order valence-electron chi connectivity index (χ0n) is 9.11. The lowest BCUT2D eigenvalue weighted by Gasteiger charge is -2.13. The number of carbonyl (C=O) groups excluding carboxylic acids is 1. The van der Waals surface area contributed by atoms with Gasteiger partial charge in [-0.2, -0.15) is 0 Å². The second-order valence-corrected chi connectivity index (χ2v) is 4.00. The van der Waals surface area contributed by atoms with Gasteiger partial charge in [0.25, 0.3) is 5.91 Å². The van der Waals surface area contributed by atoms with Crippen molar-refractivity contribution in [3.63, 3.8) is 0 Å². The lowest BCUT2D eigenvalue weighted by atomic mass is 10.1. The highest BCUT2D eigenvalue weighted by atomic mass is 35.5. The molecule has 4 nitrogen and oxygen atoms in total. The van der Waals surface area contributed by atoms with Gasteiger partial charge in [0, 0.05) is 25.0 Å². The number of pyridine rings is 1. The van der Waals surface area contributed by atoms with E-state index in [0.29, 0.717) is 17.0 Å². The van der Waals surface area contributed by atoms with Gasteiger partial charge in [-0.15, -0.1) is 0 Å². The van der Waals surface area contributed by atoms with Crippen LogP contribution in [0.4, 0.5) is 0 Å². The number of nitrogens with zero attached hydrogens (tertiary/aromatic N) is 1. The number of rotatable bonds is 5. The maximum absolute atomic E-state index is 11.7. The molecule has 16 heavy (non-hydrogen) atoms. The number of hydrogen-bond donors (Lipinski definition) is 2. The molecule has 0 fully saturated rings. The van der Waals surface area contributed by atoms with Crippen molar-refractivity contribution in [2.24, 2.45) is 0 Å². The van der Waals surface area contributed by atoms with Gasteiger partial charge in [0.15, 0.2) is 0 Å². The summed E-state index contributed by atoms with van der Waals surface area (Å²) in [6, 6.07) is 1.59. The van der Waals surface area contributed by atoms with Gasteiger partial charge in [-0.1, -0.05) is 11.6 Å². The molecule has 1 rings (SSSR count). The minimum atomic E-state index is -0.233. The van der Waals surface area contributed by atoms with Gasteiger partial charge in [-0.3, -0.25) is 9.78 Å². The van der Waals surface area contributed by atoms with Crippen molar-refractivity contribution in [1.82, 2.24) is 10.3 Å². The number of hydrogen-bond acceptors (Lipinski definition) is 3. The summed E-state index contributed by atoms with van der Waals surface area (Å²) in [6.07, 6.45) is 4.38. The summed E-state index contributed by atoms with van der Waals surface area (Å²) >= 11 is 5.87. The minimum Gasteiger partial charge on any atom is -0.396 e. The molecule has 88 valence electrons. The fourth-order valence-electron chi connectivity index (χ4n) is 1.32. The summed E-state index contributed by atoms with van der Waals surface area (Å²) in [7, 11) is 0. The van der Waals surface area contributed by atoms with E-state index in [9.17, 15) is 4.79 Å². The number of nitrogens with one attached hydrogen (secondary N) is 1. The molecule has 5 heteroatoms. The first kappa shape index (κ1) is 12.9. The van der Waals surface area contributed by atoms with Crippen LogP contribution >= 0.6 is 11.6 Å². The van der Waals surface area contributed by atoms with E-state index in [1.165, 1.54) is 12.4 Å². The second kappa shape index (κ2) is 6.45. The van der Waals surface area contributed by atoms with Crippen LogP contribution in [-0.4, -0.2) is 28.6 Å². The Morgan fingerprint density at radius 2 is 2.44 bits per heavy atom. The number of halogens is 1. The highest BCUT2D eigenvalue weighted by Crippen LogP contribution is 2.13. The molecule has 0 saturated heterocycles. The maximum Gasteiger partial charge on any atom is 0.254 e. The lowest BCUT2D eigenvalue weighted by molar-refractivity contribution is 0.0936. The molecule has 1 aromatic heterocycles. The first-order valence-corrected chi connectivity index (χ1v) is 5.54. The normalized spacial score (nSPS) is 12.2. The molecule has 0 aliphatic rings. The third kappa shape index (κ3) is 3.79. The van der Waals surface area contributed by atoms with Crippen molar-refractivity contribution >= 4 is 17.5 Å². The third-order valence-corrected chi connectivity index (χ3v) is 2.51. The smallest absolute Gasteiger partial charge is 0.254 e. The van der Waals surface area contributed by atoms with Gasteiger partial charge in [-0.05, 0) is 25.8 Å². The molecule has 0 spiro atoms. The number of aromatic nitrogens is 1. The molecule has 0 aliphatic heterocycles. The summed E-state index contributed by atoms with van der Waals surface area (Å²) in [5, 5.41) is 11.9. The van der Waals surface area contributed by atoms with Crippen LogP contribution in [0.1, 0.15) is 30.1 Å². The predicted molar refractivity (Wildman–Crippen MR) is 62.5 cm³/mol. The molecular formula is C11H15ClN2O2. The monoisotopic (exact) mass is 242 g/mol. The van der Waals surface area contributed by atoms with Crippen molar-refractivity contribution < 1.29 is 9.90 Å². The average Bonchev–Trinajstić information content (AvgIpc) is 2.26. The molecule has 1 amide bonds. The predicted octanol–water partition coefficient (Wildman–Crippen LogP) is 1.63. The second-order valence-electron chi connectivity index (χ2n) is 3.60. The Hall–Kier alpha value is -1.13. The van der Waals surface area contributed by atoms with Crippen molar-refractivity contribution in [2.45, 2.75) is 25.8 Å². The molecule has 0 bridgehead atoms. The molecule has 0 radical (unpaired) electrons. The van der Waals surface area contributed by atoms with Crippen LogP contribution in [0, 0.1) is 0 Å². The molecule has 1 atom stereocenters. The van der Waals surface area contributed by atoms with Crippen LogP contribution in [0.25, 0.3) is 0 Å². The van der Waals surface area contributed by atoms with E-state index in [4.69, 9.17) is 16.7 Å². The van der Waals surface area contributed by atoms with Crippen molar-refractivity contribution in [3.8, 4) is 0 Å². The summed E-state index contributed by atoms with van der Waals surface area (Å²) in [4.78, 5) is 15.6. The topological polar surface area (TPSA) is 62.2 Å². The highest BCUT2D eigenvalue weighted by Gasteiger charge is 2.12. The van der Waals surface area contributed by atoms with Gasteiger partial charge in [-0.25, -0.2) is 0 Å². The van der Waals surface area contributed by atoms with Gasteiger partial charge in [0.2, 0.25) is 0 Å².